The van der Waals surface area contributed by atoms with Crippen molar-refractivity contribution in [2.24, 2.45) is 0 Å². The van der Waals surface area contributed by atoms with E-state index in [-0.39, 0.29) is 10.8 Å². The van der Waals surface area contributed by atoms with Crippen LogP contribution in [0, 0.1) is 0 Å². The molecule has 2 nitrogen and oxygen atoms in total. The Morgan fingerprint density at radius 1 is 0.367 bits per heavy atom. The lowest BCUT2D eigenvalue weighted by molar-refractivity contribution is 0.660. The third kappa shape index (κ3) is 4.76. The van der Waals surface area contributed by atoms with E-state index in [0.717, 1.165) is 49.8 Å². The average Bonchev–Trinajstić information content (AvgIpc) is 3.88. The van der Waals surface area contributed by atoms with Gasteiger partial charge in [-0.1, -0.05) is 185 Å². The number of fused-ring (bicyclic) bond motifs is 11. The highest BCUT2D eigenvalue weighted by Gasteiger charge is 2.40. The summed E-state index contributed by atoms with van der Waals surface area (Å²) in [6.45, 7) is 9.52. The fraction of sp³-hybridized carbons (Fsp3) is 0.103. The second-order valence-electron chi connectivity index (χ2n) is 17.6. The SMILES string of the molecule is CC1(C)c2ccccc2-c2c(-c3ccccc3N(c3ccccc3-c3cccc4oc5c6ccccc6ccc5c34)c3cccc4c3C(C)(C)c3ccccc3-4)cccc21. The summed E-state index contributed by atoms with van der Waals surface area (Å²) >= 11 is 0. The van der Waals surface area contributed by atoms with Gasteiger partial charge in [-0.3, -0.25) is 0 Å². The van der Waals surface area contributed by atoms with Crippen molar-refractivity contribution in [2.45, 2.75) is 38.5 Å². The number of anilines is 3. The highest BCUT2D eigenvalue weighted by atomic mass is 16.3. The molecule has 0 amide bonds. The van der Waals surface area contributed by atoms with Gasteiger partial charge in [0.2, 0.25) is 0 Å². The third-order valence-corrected chi connectivity index (χ3v) is 13.7. The topological polar surface area (TPSA) is 16.4 Å². The second kappa shape index (κ2) is 12.7. The van der Waals surface area contributed by atoms with Crippen molar-refractivity contribution >= 4 is 49.8 Å². The summed E-state index contributed by atoms with van der Waals surface area (Å²) in [4.78, 5) is 2.57. The molecule has 0 saturated heterocycles. The Balaban J connectivity index is 1.17. The maximum Gasteiger partial charge on any atom is 0.143 e. The van der Waals surface area contributed by atoms with Crippen LogP contribution in [-0.2, 0) is 10.8 Å². The number of nitrogens with zero attached hydrogens (tertiary/aromatic N) is 1. The standard InChI is InChI=1S/C58H43NO/c1-57(2)47-28-12-8-23-44(47)53-41(24-15-29-48(53)57)39-21-9-13-30-49(39)59(51-32-16-26-43-38-20-7-11-27-46(38)58(3,4)55(43)51)50-31-14-10-22-40(50)42-25-17-33-52-54(42)45-35-34-36-18-5-6-19-37(36)56(45)60-52/h5-35H,1-4H3. The van der Waals surface area contributed by atoms with Crippen molar-refractivity contribution in [3.8, 4) is 44.5 Å². The van der Waals surface area contributed by atoms with Gasteiger partial charge < -0.3 is 9.32 Å². The molecule has 2 aliphatic carbocycles. The summed E-state index contributed by atoms with van der Waals surface area (Å²) in [5.41, 5.74) is 20.3. The van der Waals surface area contributed by atoms with Crippen LogP contribution in [0.25, 0.3) is 77.2 Å². The monoisotopic (exact) mass is 769 g/mol. The summed E-state index contributed by atoms with van der Waals surface area (Å²) in [7, 11) is 0. The number of rotatable bonds is 5. The van der Waals surface area contributed by atoms with Gasteiger partial charge in [-0.15, -0.1) is 0 Å². The van der Waals surface area contributed by atoms with Crippen LogP contribution < -0.4 is 4.90 Å². The van der Waals surface area contributed by atoms with Gasteiger partial charge in [0, 0.05) is 38.1 Å². The maximum atomic E-state index is 6.77. The van der Waals surface area contributed by atoms with Crippen LogP contribution in [0.5, 0.6) is 0 Å². The Morgan fingerprint density at radius 2 is 0.900 bits per heavy atom. The predicted molar refractivity (Wildman–Crippen MR) is 252 cm³/mol. The van der Waals surface area contributed by atoms with E-state index in [1.54, 1.807) is 0 Å². The first-order valence-corrected chi connectivity index (χ1v) is 21.1. The molecule has 10 aromatic rings. The molecule has 60 heavy (non-hydrogen) atoms. The van der Waals surface area contributed by atoms with E-state index in [1.165, 1.54) is 66.7 Å². The number of benzene rings is 9. The summed E-state index contributed by atoms with van der Waals surface area (Å²) in [5.74, 6) is 0. The predicted octanol–water partition coefficient (Wildman–Crippen LogP) is 16.2. The smallest absolute Gasteiger partial charge is 0.143 e. The largest absolute Gasteiger partial charge is 0.455 e. The highest BCUT2D eigenvalue weighted by Crippen LogP contribution is 2.58. The quantitative estimate of drug-likeness (QED) is 0.173. The molecular weight excluding hydrogens is 727 g/mol. The van der Waals surface area contributed by atoms with Crippen molar-refractivity contribution in [3.05, 3.63) is 210 Å². The minimum Gasteiger partial charge on any atom is -0.455 e. The van der Waals surface area contributed by atoms with Crippen molar-refractivity contribution in [3.63, 3.8) is 0 Å². The Labute approximate surface area is 351 Å². The summed E-state index contributed by atoms with van der Waals surface area (Å²) in [6, 6.07) is 69.3. The number of hydrogen-bond acceptors (Lipinski definition) is 2. The summed E-state index contributed by atoms with van der Waals surface area (Å²) in [5, 5.41) is 4.56. The Bertz CT molecular complexity index is 3400. The Kier molecular flexibility index (Phi) is 7.36. The van der Waals surface area contributed by atoms with Crippen LogP contribution in [0.4, 0.5) is 17.1 Å². The van der Waals surface area contributed by atoms with Crippen LogP contribution in [-0.4, -0.2) is 0 Å². The number of furan rings is 1. The van der Waals surface area contributed by atoms with Gasteiger partial charge in [0.25, 0.3) is 0 Å². The van der Waals surface area contributed by atoms with Crippen LogP contribution in [0.3, 0.4) is 0 Å². The van der Waals surface area contributed by atoms with E-state index in [1.807, 2.05) is 0 Å². The fourth-order valence-corrected chi connectivity index (χ4v) is 10.9. The summed E-state index contributed by atoms with van der Waals surface area (Å²) < 4.78 is 6.77. The molecule has 2 heteroatoms. The molecule has 1 heterocycles. The first kappa shape index (κ1) is 34.8. The van der Waals surface area contributed by atoms with Crippen molar-refractivity contribution < 1.29 is 4.42 Å². The van der Waals surface area contributed by atoms with Gasteiger partial charge in [0.05, 0.1) is 17.1 Å². The van der Waals surface area contributed by atoms with Crippen LogP contribution in [0.15, 0.2) is 192 Å². The molecule has 0 N–H and O–H groups in total. The molecule has 0 fully saturated rings. The molecule has 0 aliphatic heterocycles. The molecule has 0 atom stereocenters. The molecule has 1 aromatic heterocycles. The van der Waals surface area contributed by atoms with E-state index < -0.39 is 0 Å². The van der Waals surface area contributed by atoms with Crippen molar-refractivity contribution in [1.82, 2.24) is 0 Å². The lowest BCUT2D eigenvalue weighted by atomic mass is 9.81. The molecule has 0 saturated carbocycles. The van der Waals surface area contributed by atoms with E-state index in [0.29, 0.717) is 0 Å². The molecule has 0 spiro atoms. The normalized spacial score (nSPS) is 14.3. The first-order chi connectivity index (χ1) is 29.3. The number of para-hydroxylation sites is 2. The summed E-state index contributed by atoms with van der Waals surface area (Å²) in [6.07, 6.45) is 0. The van der Waals surface area contributed by atoms with E-state index in [9.17, 15) is 0 Å². The highest BCUT2D eigenvalue weighted by molar-refractivity contribution is 6.20. The van der Waals surface area contributed by atoms with E-state index >= 15 is 0 Å². The lowest BCUT2D eigenvalue weighted by Crippen LogP contribution is -2.21. The van der Waals surface area contributed by atoms with Crippen molar-refractivity contribution in [1.29, 1.82) is 0 Å². The third-order valence-electron chi connectivity index (χ3n) is 13.7. The average molecular weight is 770 g/mol. The first-order valence-electron chi connectivity index (χ1n) is 21.1. The van der Waals surface area contributed by atoms with Crippen LogP contribution in [0.1, 0.15) is 49.9 Å². The fourth-order valence-electron chi connectivity index (χ4n) is 10.9. The maximum absolute atomic E-state index is 6.77. The van der Waals surface area contributed by atoms with Crippen molar-refractivity contribution in [2.75, 3.05) is 4.90 Å². The van der Waals surface area contributed by atoms with Gasteiger partial charge in [0.1, 0.15) is 11.2 Å². The van der Waals surface area contributed by atoms with Crippen LogP contribution in [0.2, 0.25) is 0 Å². The Hall–Kier alpha value is -7.16. The zero-order valence-corrected chi connectivity index (χ0v) is 34.3. The van der Waals surface area contributed by atoms with Gasteiger partial charge in [-0.2, -0.15) is 0 Å². The number of hydrogen-bond donors (Lipinski definition) is 0. The van der Waals surface area contributed by atoms with Gasteiger partial charge in [-0.05, 0) is 91.4 Å². The van der Waals surface area contributed by atoms with Crippen LogP contribution >= 0.6 is 0 Å². The molecule has 9 aromatic carbocycles. The molecule has 0 unspecified atom stereocenters. The molecule has 286 valence electrons. The molecule has 12 rings (SSSR count). The second-order valence-corrected chi connectivity index (χ2v) is 17.6. The molecule has 2 aliphatic rings. The van der Waals surface area contributed by atoms with E-state index in [4.69, 9.17) is 4.42 Å². The van der Waals surface area contributed by atoms with Gasteiger partial charge in [-0.25, -0.2) is 0 Å². The molecule has 0 radical (unpaired) electrons. The minimum absolute atomic E-state index is 0.114. The van der Waals surface area contributed by atoms with Gasteiger partial charge in [0.15, 0.2) is 0 Å². The lowest BCUT2D eigenvalue weighted by Gasteiger charge is -2.34. The van der Waals surface area contributed by atoms with E-state index in [2.05, 4.69) is 221 Å². The zero-order chi connectivity index (χ0) is 40.3. The Morgan fingerprint density at radius 3 is 1.68 bits per heavy atom. The zero-order valence-electron chi connectivity index (χ0n) is 34.3. The minimum atomic E-state index is -0.247. The molecule has 0 bridgehead atoms. The van der Waals surface area contributed by atoms with Gasteiger partial charge >= 0.3 is 0 Å². The molecular formula is C58H43NO.